The number of nitrogens with one attached hydrogen (secondary N) is 1. The predicted molar refractivity (Wildman–Crippen MR) is 125 cm³/mol. The van der Waals surface area contributed by atoms with Gasteiger partial charge in [0.05, 0.1) is 5.69 Å². The maximum absolute atomic E-state index is 12.8. The molecule has 1 aromatic heterocycles. The van der Waals surface area contributed by atoms with Crippen molar-refractivity contribution in [1.29, 1.82) is 0 Å². The van der Waals surface area contributed by atoms with Crippen LogP contribution in [0.5, 0.6) is 0 Å². The number of anilines is 1. The first-order valence-electron chi connectivity index (χ1n) is 12.0. The van der Waals surface area contributed by atoms with Crippen molar-refractivity contribution in [3.05, 3.63) is 10.6 Å². The number of hydrogen-bond donors (Lipinski definition) is 1. The lowest BCUT2D eigenvalue weighted by Crippen LogP contribution is -2.48. The quantitative estimate of drug-likeness (QED) is 0.724. The van der Waals surface area contributed by atoms with Crippen molar-refractivity contribution in [2.75, 3.05) is 57.3 Å². The van der Waals surface area contributed by atoms with E-state index in [2.05, 4.69) is 22.0 Å². The summed E-state index contributed by atoms with van der Waals surface area (Å²) in [4.78, 5) is 37.2. The number of rotatable bonds is 6. The molecule has 8 heteroatoms. The molecule has 2 saturated heterocycles. The van der Waals surface area contributed by atoms with Crippen molar-refractivity contribution in [1.82, 2.24) is 20.1 Å². The third-order valence-corrected chi connectivity index (χ3v) is 8.48. The highest BCUT2D eigenvalue weighted by molar-refractivity contribution is 7.15. The van der Waals surface area contributed by atoms with Crippen molar-refractivity contribution in [3.8, 4) is 0 Å². The minimum atomic E-state index is 0.0808. The molecule has 1 aliphatic carbocycles. The Hall–Kier alpha value is -1.67. The Labute approximate surface area is 190 Å². The minimum absolute atomic E-state index is 0.0808. The Kier molecular flexibility index (Phi) is 7.48. The molecule has 0 bridgehead atoms. The van der Waals surface area contributed by atoms with Crippen molar-refractivity contribution in [3.63, 3.8) is 0 Å². The number of carbonyl (C=O) groups excluding carboxylic acids is 2. The number of hydrogen-bond acceptors (Lipinski definition) is 6. The largest absolute Gasteiger partial charge is 0.356 e. The van der Waals surface area contributed by atoms with Crippen LogP contribution in [0.15, 0.2) is 0 Å². The van der Waals surface area contributed by atoms with Crippen LogP contribution in [0.3, 0.4) is 0 Å². The average Bonchev–Trinajstić information content (AvgIpc) is 3.23. The van der Waals surface area contributed by atoms with Crippen LogP contribution >= 0.6 is 11.3 Å². The molecule has 1 aromatic rings. The van der Waals surface area contributed by atoms with Gasteiger partial charge in [0.25, 0.3) is 0 Å². The maximum Gasteiger partial charge on any atom is 0.223 e. The average molecular weight is 448 g/mol. The van der Waals surface area contributed by atoms with Crippen LogP contribution in [-0.2, 0) is 22.4 Å². The van der Waals surface area contributed by atoms with Gasteiger partial charge in [0, 0.05) is 50.4 Å². The molecule has 31 heavy (non-hydrogen) atoms. The number of likely N-dealkylation sites (tertiary alicyclic amines) is 1. The number of aryl methyl sites for hydroxylation is 1. The van der Waals surface area contributed by atoms with Crippen LogP contribution in [0.2, 0.25) is 0 Å². The van der Waals surface area contributed by atoms with Gasteiger partial charge in [-0.05, 0) is 64.1 Å². The van der Waals surface area contributed by atoms with Crippen molar-refractivity contribution >= 4 is 28.3 Å². The fourth-order valence-electron chi connectivity index (χ4n) is 5.07. The highest BCUT2D eigenvalue weighted by Crippen LogP contribution is 2.34. The summed E-state index contributed by atoms with van der Waals surface area (Å²) in [6.45, 7) is 11.5. The molecule has 1 unspecified atom stereocenters. The molecule has 1 atom stereocenters. The number of carbonyl (C=O) groups is 2. The topological polar surface area (TPSA) is 68.8 Å². The van der Waals surface area contributed by atoms with E-state index in [0.29, 0.717) is 0 Å². The fourth-order valence-corrected chi connectivity index (χ4v) is 6.31. The van der Waals surface area contributed by atoms with Crippen molar-refractivity contribution in [2.45, 2.75) is 52.4 Å². The van der Waals surface area contributed by atoms with Gasteiger partial charge >= 0.3 is 0 Å². The van der Waals surface area contributed by atoms with Crippen molar-refractivity contribution < 1.29 is 9.59 Å². The molecule has 0 aromatic carbocycles. The van der Waals surface area contributed by atoms with Gasteiger partial charge in [-0.15, -0.1) is 11.3 Å². The number of fused-ring (bicyclic) bond motifs is 1. The highest BCUT2D eigenvalue weighted by atomic mass is 32.1. The summed E-state index contributed by atoms with van der Waals surface area (Å²) in [5, 5.41) is 4.29. The van der Waals surface area contributed by atoms with Gasteiger partial charge in [0.2, 0.25) is 11.8 Å². The molecule has 0 spiro atoms. The lowest BCUT2D eigenvalue weighted by Gasteiger charge is -2.33. The van der Waals surface area contributed by atoms with Crippen LogP contribution in [-0.4, -0.2) is 79.0 Å². The van der Waals surface area contributed by atoms with E-state index in [1.165, 1.54) is 36.5 Å². The summed E-state index contributed by atoms with van der Waals surface area (Å²) >= 11 is 1.75. The summed E-state index contributed by atoms with van der Waals surface area (Å²) in [5.74, 6) is 1.21. The standard InChI is InChI=1S/C23H37N5O2S/c1-3-26-10-7-18(8-11-26)6-9-24-22(30)19-4-5-20-21(16-19)31-23(25-20)28-14-12-27(13-15-28)17(2)29/h18-19H,3-16H2,1-2H3,(H,24,30). The SMILES string of the molecule is CCN1CCC(CCNC(=O)C2CCc3nc(N4CCN(C(C)=O)CC4)sc3C2)CC1. The summed E-state index contributed by atoms with van der Waals surface area (Å²) < 4.78 is 0. The summed E-state index contributed by atoms with van der Waals surface area (Å²) in [7, 11) is 0. The Morgan fingerprint density at radius 1 is 1.10 bits per heavy atom. The fraction of sp³-hybridized carbons (Fsp3) is 0.783. The molecule has 3 heterocycles. The lowest BCUT2D eigenvalue weighted by molar-refractivity contribution is -0.129. The predicted octanol–water partition coefficient (Wildman–Crippen LogP) is 2.15. The number of thiazole rings is 1. The van der Waals surface area contributed by atoms with Gasteiger partial charge in [0.1, 0.15) is 0 Å². The van der Waals surface area contributed by atoms with Gasteiger partial charge in [0.15, 0.2) is 5.13 Å². The molecule has 2 fully saturated rings. The molecular weight excluding hydrogens is 410 g/mol. The monoisotopic (exact) mass is 447 g/mol. The second-order valence-electron chi connectivity index (χ2n) is 9.26. The van der Waals surface area contributed by atoms with E-state index in [1.807, 2.05) is 4.90 Å². The van der Waals surface area contributed by atoms with E-state index in [9.17, 15) is 9.59 Å². The second kappa shape index (κ2) is 10.3. The Morgan fingerprint density at radius 3 is 2.52 bits per heavy atom. The van der Waals surface area contributed by atoms with Gasteiger partial charge in [-0.2, -0.15) is 0 Å². The summed E-state index contributed by atoms with van der Waals surface area (Å²) in [6, 6.07) is 0. The zero-order valence-electron chi connectivity index (χ0n) is 19.1. The molecule has 2 aliphatic heterocycles. The molecule has 172 valence electrons. The normalized spacial score (nSPS) is 23.0. The van der Waals surface area contributed by atoms with E-state index >= 15 is 0 Å². The smallest absolute Gasteiger partial charge is 0.223 e. The Balaban J connectivity index is 1.22. The third kappa shape index (κ3) is 5.58. The number of piperidine rings is 1. The minimum Gasteiger partial charge on any atom is -0.356 e. The number of nitrogens with zero attached hydrogens (tertiary/aromatic N) is 4. The van der Waals surface area contributed by atoms with Gasteiger partial charge < -0.3 is 20.0 Å². The van der Waals surface area contributed by atoms with Gasteiger partial charge in [-0.25, -0.2) is 4.98 Å². The first-order chi connectivity index (χ1) is 15.0. The number of aromatic nitrogens is 1. The molecular formula is C23H37N5O2S. The molecule has 3 aliphatic rings. The molecule has 2 amide bonds. The van der Waals surface area contributed by atoms with Crippen LogP contribution in [0.25, 0.3) is 0 Å². The van der Waals surface area contributed by atoms with Gasteiger partial charge in [-0.1, -0.05) is 6.92 Å². The molecule has 0 saturated carbocycles. The first-order valence-corrected chi connectivity index (χ1v) is 12.8. The number of amides is 2. The second-order valence-corrected chi connectivity index (χ2v) is 10.3. The van der Waals surface area contributed by atoms with Crippen LogP contribution in [0.1, 0.15) is 50.1 Å². The summed E-state index contributed by atoms with van der Waals surface area (Å²) in [5.41, 5.74) is 1.18. The van der Waals surface area contributed by atoms with Crippen LogP contribution in [0.4, 0.5) is 5.13 Å². The molecule has 0 radical (unpaired) electrons. The van der Waals surface area contributed by atoms with E-state index < -0.39 is 0 Å². The third-order valence-electron chi connectivity index (χ3n) is 7.30. The zero-order valence-corrected chi connectivity index (χ0v) is 19.9. The zero-order chi connectivity index (χ0) is 21.8. The van der Waals surface area contributed by atoms with Crippen molar-refractivity contribution in [2.24, 2.45) is 11.8 Å². The first kappa shape index (κ1) is 22.5. The lowest BCUT2D eigenvalue weighted by atomic mass is 9.90. The van der Waals surface area contributed by atoms with Gasteiger partial charge in [-0.3, -0.25) is 9.59 Å². The number of piperazine rings is 1. The van der Waals surface area contributed by atoms with Crippen LogP contribution in [0, 0.1) is 11.8 Å². The summed E-state index contributed by atoms with van der Waals surface area (Å²) in [6.07, 6.45) is 6.25. The van der Waals surface area contributed by atoms with E-state index in [1.54, 1.807) is 18.3 Å². The van der Waals surface area contributed by atoms with E-state index in [4.69, 9.17) is 4.98 Å². The molecule has 4 rings (SSSR count). The van der Waals surface area contributed by atoms with E-state index in [-0.39, 0.29) is 17.7 Å². The maximum atomic E-state index is 12.8. The highest BCUT2D eigenvalue weighted by Gasteiger charge is 2.29. The Bertz CT molecular complexity index is 766. The van der Waals surface area contributed by atoms with E-state index in [0.717, 1.165) is 76.0 Å². The molecule has 7 nitrogen and oxygen atoms in total. The van der Waals surface area contributed by atoms with Crippen LogP contribution < -0.4 is 10.2 Å². The Morgan fingerprint density at radius 2 is 1.84 bits per heavy atom. The molecule has 1 N–H and O–H groups in total.